The highest BCUT2D eigenvalue weighted by molar-refractivity contribution is 7.94. The van der Waals surface area contributed by atoms with E-state index in [4.69, 9.17) is 0 Å². The molecule has 0 aliphatic heterocycles. The van der Waals surface area contributed by atoms with E-state index in [1.165, 1.54) is 6.20 Å². The van der Waals surface area contributed by atoms with Crippen molar-refractivity contribution < 1.29 is 8.42 Å². The zero-order valence-electron chi connectivity index (χ0n) is 11.5. The fraction of sp³-hybridized carbons (Fsp3) is 0.308. The molecule has 0 saturated carbocycles. The number of benzene rings is 1. The summed E-state index contributed by atoms with van der Waals surface area (Å²) >= 11 is 1.16. The Morgan fingerprint density at radius 2 is 2.00 bits per heavy atom. The summed E-state index contributed by atoms with van der Waals surface area (Å²) in [7, 11) is -1.74. The molecular weight excluding hydrogens is 294 g/mol. The van der Waals surface area contributed by atoms with Crippen molar-refractivity contribution in [3.8, 4) is 0 Å². The number of nitrogens with zero attached hydrogens (tertiary/aromatic N) is 1. The third kappa shape index (κ3) is 3.17. The number of nitrogens with one attached hydrogen (secondary N) is 2. The van der Waals surface area contributed by atoms with Crippen LogP contribution < -0.4 is 10.0 Å². The van der Waals surface area contributed by atoms with Crippen molar-refractivity contribution in [2.24, 2.45) is 0 Å². The Hall–Kier alpha value is -1.44. The summed E-state index contributed by atoms with van der Waals surface area (Å²) in [5.41, 5.74) is 1.49. The molecule has 2 aromatic rings. The minimum Gasteiger partial charge on any atom is -0.313 e. The van der Waals surface area contributed by atoms with Gasteiger partial charge in [0.15, 0.2) is 4.21 Å². The standard InChI is InChI=1S/C13H17N3O2S2/c1-9(14-3)11-6-4-5-7-12(11)16-20(17,18)13-8-15-10(2)19-13/h4-9,14,16H,1-3H3. The van der Waals surface area contributed by atoms with E-state index in [1.54, 1.807) is 13.0 Å². The van der Waals surface area contributed by atoms with Crippen LogP contribution in [0.25, 0.3) is 0 Å². The third-order valence-corrected chi connectivity index (χ3v) is 5.71. The molecule has 0 radical (unpaired) electrons. The molecule has 5 nitrogen and oxygen atoms in total. The SMILES string of the molecule is CNC(C)c1ccccc1NS(=O)(=O)c1cnc(C)s1. The number of anilines is 1. The van der Waals surface area contributed by atoms with Gasteiger partial charge in [0, 0.05) is 6.04 Å². The fourth-order valence-corrected chi connectivity index (χ4v) is 3.98. The van der Waals surface area contributed by atoms with E-state index in [2.05, 4.69) is 15.0 Å². The van der Waals surface area contributed by atoms with Gasteiger partial charge >= 0.3 is 0 Å². The lowest BCUT2D eigenvalue weighted by Crippen LogP contribution is -2.17. The Bertz CT molecular complexity index is 695. The molecule has 0 bridgehead atoms. The average molecular weight is 311 g/mol. The van der Waals surface area contributed by atoms with Crippen molar-refractivity contribution in [3.05, 3.63) is 41.0 Å². The summed E-state index contributed by atoms with van der Waals surface area (Å²) < 4.78 is 27.5. The lowest BCUT2D eigenvalue weighted by atomic mass is 10.1. The third-order valence-electron chi connectivity index (χ3n) is 2.97. The van der Waals surface area contributed by atoms with Crippen LogP contribution >= 0.6 is 11.3 Å². The minimum absolute atomic E-state index is 0.0529. The minimum atomic E-state index is -3.58. The summed E-state index contributed by atoms with van der Waals surface area (Å²) in [4.78, 5) is 3.99. The lowest BCUT2D eigenvalue weighted by Gasteiger charge is -2.16. The van der Waals surface area contributed by atoms with Crippen molar-refractivity contribution in [1.29, 1.82) is 0 Å². The van der Waals surface area contributed by atoms with E-state index in [9.17, 15) is 8.42 Å². The maximum atomic E-state index is 12.3. The molecule has 1 aromatic heterocycles. The molecule has 2 N–H and O–H groups in total. The molecule has 1 unspecified atom stereocenters. The highest BCUT2D eigenvalue weighted by Crippen LogP contribution is 2.26. The number of rotatable bonds is 5. The molecule has 1 aromatic carbocycles. The normalized spacial score (nSPS) is 13.2. The van der Waals surface area contributed by atoms with E-state index >= 15 is 0 Å². The first kappa shape index (κ1) is 15.0. The van der Waals surface area contributed by atoms with Crippen molar-refractivity contribution in [1.82, 2.24) is 10.3 Å². The maximum absolute atomic E-state index is 12.3. The zero-order chi connectivity index (χ0) is 14.8. The van der Waals surface area contributed by atoms with Crippen molar-refractivity contribution in [2.45, 2.75) is 24.1 Å². The monoisotopic (exact) mass is 311 g/mol. The highest BCUT2D eigenvalue weighted by Gasteiger charge is 2.19. The van der Waals surface area contributed by atoms with Gasteiger partial charge in [-0.05, 0) is 32.5 Å². The Balaban J connectivity index is 2.35. The van der Waals surface area contributed by atoms with Gasteiger partial charge in [0.25, 0.3) is 10.0 Å². The topological polar surface area (TPSA) is 71.1 Å². The number of para-hydroxylation sites is 1. The predicted molar refractivity (Wildman–Crippen MR) is 81.6 cm³/mol. The fourth-order valence-electron chi connectivity index (χ4n) is 1.78. The van der Waals surface area contributed by atoms with Crippen LogP contribution in [0.4, 0.5) is 5.69 Å². The number of aryl methyl sites for hydroxylation is 1. The Labute approximate surface area is 123 Å². The number of hydrogen-bond donors (Lipinski definition) is 2. The molecule has 0 fully saturated rings. The summed E-state index contributed by atoms with van der Waals surface area (Å²) in [6.07, 6.45) is 1.38. The lowest BCUT2D eigenvalue weighted by molar-refractivity contribution is 0.602. The first-order valence-electron chi connectivity index (χ1n) is 6.15. The van der Waals surface area contributed by atoms with E-state index in [1.807, 2.05) is 32.2 Å². The van der Waals surface area contributed by atoms with Crippen molar-refractivity contribution in [3.63, 3.8) is 0 Å². The molecule has 1 heterocycles. The van der Waals surface area contributed by atoms with Gasteiger partial charge in [0.1, 0.15) is 0 Å². The molecule has 20 heavy (non-hydrogen) atoms. The maximum Gasteiger partial charge on any atom is 0.273 e. The summed E-state index contributed by atoms with van der Waals surface area (Å²) in [6, 6.07) is 7.41. The van der Waals surface area contributed by atoms with Crippen LogP contribution in [-0.2, 0) is 10.0 Å². The number of sulfonamides is 1. The molecule has 2 rings (SSSR count). The number of thiazole rings is 1. The molecule has 0 aliphatic rings. The molecular formula is C13H17N3O2S2. The molecule has 0 aliphatic carbocycles. The zero-order valence-corrected chi connectivity index (χ0v) is 13.2. The van der Waals surface area contributed by atoms with Crippen LogP contribution in [0, 0.1) is 6.92 Å². The number of hydrogen-bond acceptors (Lipinski definition) is 5. The largest absolute Gasteiger partial charge is 0.313 e. The van der Waals surface area contributed by atoms with Crippen molar-refractivity contribution >= 4 is 27.0 Å². The van der Waals surface area contributed by atoms with Crippen LogP contribution in [0.3, 0.4) is 0 Å². The quantitative estimate of drug-likeness (QED) is 0.890. The van der Waals surface area contributed by atoms with Crippen LogP contribution in [0.1, 0.15) is 23.5 Å². The van der Waals surface area contributed by atoms with Gasteiger partial charge < -0.3 is 5.32 Å². The second kappa shape index (κ2) is 5.90. The second-order valence-corrected chi connectivity index (χ2v) is 7.55. The highest BCUT2D eigenvalue weighted by atomic mass is 32.2. The molecule has 0 spiro atoms. The Morgan fingerprint density at radius 1 is 1.30 bits per heavy atom. The van der Waals surface area contributed by atoms with Crippen LogP contribution in [-0.4, -0.2) is 20.4 Å². The molecule has 0 saturated heterocycles. The Kier molecular flexibility index (Phi) is 4.42. The van der Waals surface area contributed by atoms with Crippen LogP contribution in [0.5, 0.6) is 0 Å². The first-order valence-corrected chi connectivity index (χ1v) is 8.45. The van der Waals surface area contributed by atoms with Gasteiger partial charge in [-0.25, -0.2) is 13.4 Å². The van der Waals surface area contributed by atoms with E-state index in [-0.39, 0.29) is 10.3 Å². The number of aromatic nitrogens is 1. The summed E-state index contributed by atoms with van der Waals surface area (Å²) in [6.45, 7) is 3.75. The van der Waals surface area contributed by atoms with Crippen LogP contribution in [0.15, 0.2) is 34.7 Å². The smallest absolute Gasteiger partial charge is 0.273 e. The average Bonchev–Trinajstić information content (AvgIpc) is 2.86. The van der Waals surface area contributed by atoms with Gasteiger partial charge in [-0.15, -0.1) is 11.3 Å². The summed E-state index contributed by atoms with van der Waals surface area (Å²) in [5, 5.41) is 3.83. The van der Waals surface area contributed by atoms with Gasteiger partial charge in [-0.1, -0.05) is 18.2 Å². The van der Waals surface area contributed by atoms with Crippen molar-refractivity contribution in [2.75, 3.05) is 11.8 Å². The predicted octanol–water partition coefficient (Wildman–Crippen LogP) is 2.53. The van der Waals surface area contributed by atoms with E-state index in [0.717, 1.165) is 21.9 Å². The molecule has 108 valence electrons. The van der Waals surface area contributed by atoms with Crippen LogP contribution in [0.2, 0.25) is 0 Å². The van der Waals surface area contributed by atoms with E-state index in [0.29, 0.717) is 5.69 Å². The second-order valence-electron chi connectivity index (χ2n) is 4.40. The first-order chi connectivity index (χ1) is 9.44. The van der Waals surface area contributed by atoms with Gasteiger partial charge in [-0.3, -0.25) is 4.72 Å². The van der Waals surface area contributed by atoms with Gasteiger partial charge in [0.05, 0.1) is 16.9 Å². The van der Waals surface area contributed by atoms with Gasteiger partial charge in [-0.2, -0.15) is 0 Å². The van der Waals surface area contributed by atoms with E-state index < -0.39 is 10.0 Å². The molecule has 1 atom stereocenters. The molecule has 7 heteroatoms. The van der Waals surface area contributed by atoms with Gasteiger partial charge in [0.2, 0.25) is 0 Å². The Morgan fingerprint density at radius 3 is 2.60 bits per heavy atom. The summed E-state index contributed by atoms with van der Waals surface area (Å²) in [5.74, 6) is 0. The molecule has 0 amide bonds.